The molecule has 3 rings (SSSR count). The van der Waals surface area contributed by atoms with Crippen molar-refractivity contribution in [1.82, 2.24) is 4.57 Å². The Hall–Kier alpha value is -3.06. The minimum Gasteiger partial charge on any atom is -0.337 e. The molecule has 0 aliphatic carbocycles. The van der Waals surface area contributed by atoms with Crippen molar-refractivity contribution in [1.29, 1.82) is 5.26 Å². The van der Waals surface area contributed by atoms with E-state index in [1.807, 2.05) is 60.9 Å². The van der Waals surface area contributed by atoms with E-state index in [1.54, 1.807) is 6.20 Å². The van der Waals surface area contributed by atoms with Crippen molar-refractivity contribution in [3.8, 4) is 6.07 Å². The number of nitrogens with zero attached hydrogens (tertiary/aromatic N) is 2. The van der Waals surface area contributed by atoms with Crippen LogP contribution in [0.25, 0.3) is 10.9 Å². The Morgan fingerprint density at radius 1 is 1.22 bits per heavy atom. The molecule has 23 heavy (non-hydrogen) atoms. The highest BCUT2D eigenvalue weighted by Gasteiger charge is 2.11. The second kappa shape index (κ2) is 5.98. The van der Waals surface area contributed by atoms with Crippen LogP contribution in [-0.2, 0) is 11.3 Å². The highest BCUT2D eigenvalue weighted by atomic mass is 16.1. The van der Waals surface area contributed by atoms with Gasteiger partial charge in [0.1, 0.15) is 12.6 Å². The summed E-state index contributed by atoms with van der Waals surface area (Å²) >= 11 is 0. The molecule has 0 aliphatic heterocycles. The van der Waals surface area contributed by atoms with Crippen molar-refractivity contribution in [2.75, 3.05) is 5.32 Å². The first-order valence-corrected chi connectivity index (χ1v) is 7.43. The van der Waals surface area contributed by atoms with Crippen molar-refractivity contribution >= 4 is 22.5 Å². The Kier molecular flexibility index (Phi) is 3.86. The summed E-state index contributed by atoms with van der Waals surface area (Å²) < 4.78 is 1.81. The molecule has 1 N–H and O–H groups in total. The number of nitrogens with one attached hydrogen (secondary N) is 1. The van der Waals surface area contributed by atoms with Crippen LogP contribution >= 0.6 is 0 Å². The molecular weight excluding hydrogens is 286 g/mol. The lowest BCUT2D eigenvalue weighted by Crippen LogP contribution is -2.18. The van der Waals surface area contributed by atoms with Gasteiger partial charge in [-0.1, -0.05) is 35.9 Å². The fraction of sp³-hybridized carbons (Fsp3) is 0.158. The molecule has 0 aliphatic rings. The number of hydrogen-bond acceptors (Lipinski definition) is 2. The first kappa shape index (κ1) is 14.9. The van der Waals surface area contributed by atoms with Gasteiger partial charge in [-0.3, -0.25) is 4.79 Å². The first-order chi connectivity index (χ1) is 11.1. The summed E-state index contributed by atoms with van der Waals surface area (Å²) in [5.41, 5.74) is 4.49. The van der Waals surface area contributed by atoms with Gasteiger partial charge in [0.25, 0.3) is 0 Å². The minimum absolute atomic E-state index is 0.109. The van der Waals surface area contributed by atoms with E-state index in [0.717, 1.165) is 27.7 Å². The molecule has 1 heterocycles. The standard InChI is InChI=1S/C19H17N3O/c1-13-7-8-17(14(2)9-13)21-19(23)12-22-11-15(10-20)16-5-3-4-6-18(16)22/h3-9,11H,12H2,1-2H3,(H,21,23). The highest BCUT2D eigenvalue weighted by molar-refractivity contribution is 5.93. The van der Waals surface area contributed by atoms with Gasteiger partial charge in [-0.05, 0) is 31.5 Å². The molecule has 0 radical (unpaired) electrons. The quantitative estimate of drug-likeness (QED) is 0.800. The zero-order valence-electron chi connectivity index (χ0n) is 13.1. The summed E-state index contributed by atoms with van der Waals surface area (Å²) in [6.45, 7) is 4.17. The van der Waals surface area contributed by atoms with Gasteiger partial charge >= 0.3 is 0 Å². The number of carbonyl (C=O) groups is 1. The zero-order chi connectivity index (χ0) is 16.4. The van der Waals surface area contributed by atoms with Crippen molar-refractivity contribution < 1.29 is 4.79 Å². The Balaban J connectivity index is 1.85. The molecule has 0 spiro atoms. The molecule has 2 aromatic carbocycles. The maximum absolute atomic E-state index is 12.3. The number of rotatable bonds is 3. The number of hydrogen-bond donors (Lipinski definition) is 1. The van der Waals surface area contributed by atoms with Gasteiger partial charge in [-0.2, -0.15) is 5.26 Å². The van der Waals surface area contributed by atoms with E-state index in [2.05, 4.69) is 11.4 Å². The van der Waals surface area contributed by atoms with Crippen molar-refractivity contribution in [2.45, 2.75) is 20.4 Å². The summed E-state index contributed by atoms with van der Waals surface area (Å²) in [6.07, 6.45) is 1.73. The van der Waals surface area contributed by atoms with E-state index in [4.69, 9.17) is 0 Å². The van der Waals surface area contributed by atoms with E-state index < -0.39 is 0 Å². The average Bonchev–Trinajstić information content (AvgIpc) is 2.88. The van der Waals surface area contributed by atoms with Gasteiger partial charge in [-0.25, -0.2) is 0 Å². The summed E-state index contributed by atoms with van der Waals surface area (Å²) in [4.78, 5) is 12.3. The second-order valence-corrected chi connectivity index (χ2v) is 5.67. The SMILES string of the molecule is Cc1ccc(NC(=O)Cn2cc(C#N)c3ccccc32)c(C)c1. The predicted octanol–water partition coefficient (Wildman–Crippen LogP) is 3.77. The van der Waals surface area contributed by atoms with Gasteiger partial charge in [-0.15, -0.1) is 0 Å². The zero-order valence-corrected chi connectivity index (χ0v) is 13.1. The number of fused-ring (bicyclic) bond motifs is 1. The maximum Gasteiger partial charge on any atom is 0.244 e. The van der Waals surface area contributed by atoms with Crippen LogP contribution in [0.4, 0.5) is 5.69 Å². The number of nitriles is 1. The van der Waals surface area contributed by atoms with Gasteiger partial charge in [0.05, 0.1) is 5.56 Å². The van der Waals surface area contributed by atoms with E-state index in [-0.39, 0.29) is 12.5 Å². The highest BCUT2D eigenvalue weighted by Crippen LogP contribution is 2.21. The number of aryl methyl sites for hydroxylation is 2. The molecule has 1 aromatic heterocycles. The van der Waals surface area contributed by atoms with E-state index in [9.17, 15) is 10.1 Å². The van der Waals surface area contributed by atoms with Crippen molar-refractivity contribution in [2.24, 2.45) is 0 Å². The molecule has 0 atom stereocenters. The largest absolute Gasteiger partial charge is 0.337 e. The molecule has 0 fully saturated rings. The molecule has 4 heteroatoms. The molecule has 1 amide bonds. The maximum atomic E-state index is 12.3. The third kappa shape index (κ3) is 2.95. The number of anilines is 1. The molecule has 0 bridgehead atoms. The number of benzene rings is 2. The first-order valence-electron chi connectivity index (χ1n) is 7.43. The smallest absolute Gasteiger partial charge is 0.244 e. The fourth-order valence-corrected chi connectivity index (χ4v) is 2.76. The van der Waals surface area contributed by atoms with E-state index in [0.29, 0.717) is 5.56 Å². The molecule has 0 saturated carbocycles. The fourth-order valence-electron chi connectivity index (χ4n) is 2.76. The Labute approximate surface area is 135 Å². The average molecular weight is 303 g/mol. The van der Waals surface area contributed by atoms with Crippen LogP contribution in [0.2, 0.25) is 0 Å². The third-order valence-electron chi connectivity index (χ3n) is 3.88. The van der Waals surface area contributed by atoms with E-state index in [1.165, 1.54) is 0 Å². The van der Waals surface area contributed by atoms with Crippen LogP contribution in [0.15, 0.2) is 48.7 Å². The van der Waals surface area contributed by atoms with Crippen LogP contribution in [0.1, 0.15) is 16.7 Å². The Morgan fingerprint density at radius 2 is 2.00 bits per heavy atom. The lowest BCUT2D eigenvalue weighted by atomic mass is 10.1. The lowest BCUT2D eigenvalue weighted by Gasteiger charge is -2.10. The Bertz CT molecular complexity index is 931. The molecular formula is C19H17N3O. The van der Waals surface area contributed by atoms with Crippen LogP contribution < -0.4 is 5.32 Å². The van der Waals surface area contributed by atoms with Crippen LogP contribution in [0, 0.1) is 25.2 Å². The van der Waals surface area contributed by atoms with Crippen LogP contribution in [0.5, 0.6) is 0 Å². The van der Waals surface area contributed by atoms with Gasteiger partial charge in [0.2, 0.25) is 5.91 Å². The number of aromatic nitrogens is 1. The number of para-hydroxylation sites is 1. The minimum atomic E-state index is -0.109. The van der Waals surface area contributed by atoms with Crippen molar-refractivity contribution in [3.05, 3.63) is 65.4 Å². The second-order valence-electron chi connectivity index (χ2n) is 5.67. The third-order valence-corrected chi connectivity index (χ3v) is 3.88. The molecule has 3 aromatic rings. The Morgan fingerprint density at radius 3 is 2.74 bits per heavy atom. The van der Waals surface area contributed by atoms with Gasteiger partial charge in [0, 0.05) is 22.8 Å². The van der Waals surface area contributed by atoms with Gasteiger partial charge < -0.3 is 9.88 Å². The number of amides is 1. The predicted molar refractivity (Wildman–Crippen MR) is 91.2 cm³/mol. The molecule has 114 valence electrons. The summed E-state index contributed by atoms with van der Waals surface area (Å²) in [5.74, 6) is -0.109. The lowest BCUT2D eigenvalue weighted by molar-refractivity contribution is -0.116. The van der Waals surface area contributed by atoms with Crippen molar-refractivity contribution in [3.63, 3.8) is 0 Å². The van der Waals surface area contributed by atoms with Crippen LogP contribution in [-0.4, -0.2) is 10.5 Å². The normalized spacial score (nSPS) is 10.5. The van der Waals surface area contributed by atoms with Gasteiger partial charge in [0.15, 0.2) is 0 Å². The monoisotopic (exact) mass is 303 g/mol. The summed E-state index contributed by atoms with van der Waals surface area (Å²) in [5, 5.41) is 13.0. The summed E-state index contributed by atoms with van der Waals surface area (Å²) in [6, 6.07) is 15.7. The molecule has 4 nitrogen and oxygen atoms in total. The van der Waals surface area contributed by atoms with E-state index >= 15 is 0 Å². The number of carbonyl (C=O) groups excluding carboxylic acids is 1. The summed E-state index contributed by atoms with van der Waals surface area (Å²) in [7, 11) is 0. The molecule has 0 unspecified atom stereocenters. The molecule has 0 saturated heterocycles. The topological polar surface area (TPSA) is 57.8 Å². The van der Waals surface area contributed by atoms with Crippen LogP contribution in [0.3, 0.4) is 0 Å².